The summed E-state index contributed by atoms with van der Waals surface area (Å²) in [6.45, 7) is 4.30. The van der Waals surface area contributed by atoms with Gasteiger partial charge < -0.3 is 13.8 Å². The number of pyridine rings is 1. The monoisotopic (exact) mass is 440 g/mol. The first-order valence-corrected chi connectivity index (χ1v) is 10.4. The molecule has 1 aliphatic rings. The van der Waals surface area contributed by atoms with Gasteiger partial charge in [-0.25, -0.2) is 4.98 Å². The number of rotatable bonds is 3. The van der Waals surface area contributed by atoms with E-state index in [1.54, 1.807) is 6.26 Å². The maximum atomic E-state index is 6.00. The number of fused-ring (bicyclic) bond motifs is 3. The third kappa shape index (κ3) is 3.12. The van der Waals surface area contributed by atoms with E-state index in [0.29, 0.717) is 12.5 Å². The Labute approximate surface area is 171 Å². The maximum absolute atomic E-state index is 6.00. The van der Waals surface area contributed by atoms with E-state index in [9.17, 15) is 0 Å². The van der Waals surface area contributed by atoms with E-state index >= 15 is 0 Å². The molecule has 1 aliphatic heterocycles. The standard InChI is InChI=1S/C21H21BrN4O2/c1-12-7-16(8-13(2)28-12)26-20(10-15-5-6-27-25-15)24-19-11-23-18-4-3-14(22)9-17(18)21(19)26/h3-6,9,11-13,16H,7-8,10H2,1-2H3/t12-,13+,16+. The van der Waals surface area contributed by atoms with Crippen LogP contribution in [0.4, 0.5) is 0 Å². The molecule has 28 heavy (non-hydrogen) atoms. The van der Waals surface area contributed by atoms with Crippen LogP contribution in [0.25, 0.3) is 21.9 Å². The number of halogens is 1. The predicted molar refractivity (Wildman–Crippen MR) is 110 cm³/mol. The number of aromatic nitrogens is 4. The summed E-state index contributed by atoms with van der Waals surface area (Å²) < 4.78 is 14.5. The van der Waals surface area contributed by atoms with Crippen LogP contribution in [0.15, 0.2) is 45.7 Å². The molecule has 3 atom stereocenters. The van der Waals surface area contributed by atoms with Crippen molar-refractivity contribution in [2.45, 2.75) is 51.4 Å². The Hall–Kier alpha value is -2.25. The summed E-state index contributed by atoms with van der Waals surface area (Å²) in [5, 5.41) is 5.21. The molecule has 0 aliphatic carbocycles. The molecule has 1 aromatic carbocycles. The van der Waals surface area contributed by atoms with Crippen LogP contribution in [0.1, 0.15) is 44.2 Å². The van der Waals surface area contributed by atoms with Crippen molar-refractivity contribution in [1.82, 2.24) is 19.7 Å². The van der Waals surface area contributed by atoms with Crippen LogP contribution in [-0.2, 0) is 11.2 Å². The lowest BCUT2D eigenvalue weighted by Gasteiger charge is -2.34. The van der Waals surface area contributed by atoms with Crippen LogP contribution < -0.4 is 0 Å². The molecule has 0 saturated carbocycles. The largest absolute Gasteiger partial charge is 0.375 e. The highest BCUT2D eigenvalue weighted by molar-refractivity contribution is 9.10. The molecule has 0 bridgehead atoms. The van der Waals surface area contributed by atoms with Crippen LogP contribution in [0.5, 0.6) is 0 Å². The fraction of sp³-hybridized carbons (Fsp3) is 0.381. The summed E-state index contributed by atoms with van der Waals surface area (Å²) >= 11 is 3.61. The van der Waals surface area contributed by atoms with Gasteiger partial charge >= 0.3 is 0 Å². The smallest absolute Gasteiger partial charge is 0.124 e. The molecule has 0 spiro atoms. The molecule has 6 nitrogen and oxygen atoms in total. The first-order chi connectivity index (χ1) is 13.6. The van der Waals surface area contributed by atoms with Gasteiger partial charge in [0.15, 0.2) is 0 Å². The zero-order chi connectivity index (χ0) is 19.3. The first-order valence-electron chi connectivity index (χ1n) is 9.58. The molecule has 0 radical (unpaired) electrons. The molecule has 0 N–H and O–H groups in total. The zero-order valence-electron chi connectivity index (χ0n) is 15.8. The van der Waals surface area contributed by atoms with E-state index in [0.717, 1.165) is 50.8 Å². The summed E-state index contributed by atoms with van der Waals surface area (Å²) in [4.78, 5) is 9.58. The number of hydrogen-bond donors (Lipinski definition) is 0. The van der Waals surface area contributed by atoms with E-state index in [1.165, 1.54) is 0 Å². The molecule has 3 aromatic heterocycles. The van der Waals surface area contributed by atoms with E-state index in [1.807, 2.05) is 24.4 Å². The molecular formula is C21H21BrN4O2. The maximum Gasteiger partial charge on any atom is 0.124 e. The van der Waals surface area contributed by atoms with Crippen LogP contribution in [0.2, 0.25) is 0 Å². The van der Waals surface area contributed by atoms with Gasteiger partial charge in [-0.1, -0.05) is 21.1 Å². The second-order valence-electron chi connectivity index (χ2n) is 7.60. The zero-order valence-corrected chi connectivity index (χ0v) is 17.4. The summed E-state index contributed by atoms with van der Waals surface area (Å²) in [5.74, 6) is 0.990. The van der Waals surface area contributed by atoms with Crippen molar-refractivity contribution in [2.24, 2.45) is 0 Å². The topological polar surface area (TPSA) is 66.0 Å². The molecule has 0 amide bonds. The minimum atomic E-state index is 0.214. The fourth-order valence-electron chi connectivity index (χ4n) is 4.39. The molecule has 0 unspecified atom stereocenters. The molecule has 144 valence electrons. The van der Waals surface area contributed by atoms with Gasteiger partial charge in [0, 0.05) is 22.0 Å². The average molecular weight is 441 g/mol. The number of hydrogen-bond acceptors (Lipinski definition) is 5. The van der Waals surface area contributed by atoms with Gasteiger partial charge in [0.05, 0.1) is 41.6 Å². The molecule has 1 saturated heterocycles. The molecular weight excluding hydrogens is 420 g/mol. The number of nitrogens with zero attached hydrogens (tertiary/aromatic N) is 4. The van der Waals surface area contributed by atoms with E-state index in [2.05, 4.69) is 50.6 Å². The van der Waals surface area contributed by atoms with Crippen LogP contribution >= 0.6 is 15.9 Å². The van der Waals surface area contributed by atoms with E-state index in [4.69, 9.17) is 14.2 Å². The van der Waals surface area contributed by atoms with Crippen molar-refractivity contribution >= 4 is 37.9 Å². The third-order valence-corrected chi connectivity index (χ3v) is 5.91. The van der Waals surface area contributed by atoms with Gasteiger partial charge in [-0.05, 0) is 44.9 Å². The minimum absolute atomic E-state index is 0.214. The predicted octanol–water partition coefficient (Wildman–Crippen LogP) is 5.05. The Balaban J connectivity index is 1.76. The summed E-state index contributed by atoms with van der Waals surface area (Å²) in [5.41, 5.74) is 3.90. The Morgan fingerprint density at radius 1 is 1.14 bits per heavy atom. The lowest BCUT2D eigenvalue weighted by molar-refractivity contribution is -0.0484. The van der Waals surface area contributed by atoms with Gasteiger partial charge in [-0.2, -0.15) is 0 Å². The minimum Gasteiger partial charge on any atom is -0.375 e. The van der Waals surface area contributed by atoms with Crippen LogP contribution in [-0.4, -0.2) is 31.9 Å². The second kappa shape index (κ2) is 6.97. The quantitative estimate of drug-likeness (QED) is 0.445. The molecule has 5 rings (SSSR count). The molecule has 4 heterocycles. The fourth-order valence-corrected chi connectivity index (χ4v) is 4.75. The van der Waals surface area contributed by atoms with Crippen molar-refractivity contribution in [3.63, 3.8) is 0 Å². The lowest BCUT2D eigenvalue weighted by Crippen LogP contribution is -2.31. The summed E-state index contributed by atoms with van der Waals surface area (Å²) in [7, 11) is 0. The van der Waals surface area contributed by atoms with Gasteiger partial charge in [-0.3, -0.25) is 4.98 Å². The highest BCUT2D eigenvalue weighted by Crippen LogP contribution is 2.36. The van der Waals surface area contributed by atoms with Crippen molar-refractivity contribution in [2.75, 3.05) is 0 Å². The van der Waals surface area contributed by atoms with E-state index in [-0.39, 0.29) is 12.2 Å². The van der Waals surface area contributed by atoms with Gasteiger partial charge in [-0.15, -0.1) is 0 Å². The first kappa shape index (κ1) is 17.8. The van der Waals surface area contributed by atoms with Crippen LogP contribution in [0.3, 0.4) is 0 Å². The van der Waals surface area contributed by atoms with Crippen molar-refractivity contribution in [1.29, 1.82) is 0 Å². The van der Waals surface area contributed by atoms with Crippen LogP contribution in [0, 0.1) is 0 Å². The van der Waals surface area contributed by atoms with Gasteiger partial charge in [0.2, 0.25) is 0 Å². The molecule has 4 aromatic rings. The normalized spacial score (nSPS) is 22.9. The summed E-state index contributed by atoms with van der Waals surface area (Å²) in [6, 6.07) is 8.41. The Morgan fingerprint density at radius 2 is 1.96 bits per heavy atom. The number of benzene rings is 1. The summed E-state index contributed by atoms with van der Waals surface area (Å²) in [6.07, 6.45) is 6.45. The molecule has 1 fully saturated rings. The second-order valence-corrected chi connectivity index (χ2v) is 8.52. The highest BCUT2D eigenvalue weighted by atomic mass is 79.9. The van der Waals surface area contributed by atoms with E-state index < -0.39 is 0 Å². The Bertz CT molecular complexity index is 1130. The Morgan fingerprint density at radius 3 is 2.71 bits per heavy atom. The lowest BCUT2D eigenvalue weighted by atomic mass is 9.98. The average Bonchev–Trinajstić information content (AvgIpc) is 3.28. The SMILES string of the molecule is C[C@@H]1C[C@H](n2c(Cc3ccon3)nc3cnc4ccc(Br)cc4c32)C[C@H](C)O1. The Kier molecular flexibility index (Phi) is 4.44. The van der Waals surface area contributed by atoms with Crippen molar-refractivity contribution < 1.29 is 9.26 Å². The van der Waals surface area contributed by atoms with Crippen molar-refractivity contribution in [3.05, 3.63) is 52.7 Å². The van der Waals surface area contributed by atoms with Gasteiger partial charge in [0.1, 0.15) is 17.6 Å². The third-order valence-electron chi connectivity index (χ3n) is 5.42. The number of ether oxygens (including phenoxy) is 1. The molecule has 7 heteroatoms. The van der Waals surface area contributed by atoms with Crippen molar-refractivity contribution in [3.8, 4) is 0 Å². The highest BCUT2D eigenvalue weighted by Gasteiger charge is 2.29. The number of imidazole rings is 1. The van der Waals surface area contributed by atoms with Gasteiger partial charge in [0.25, 0.3) is 0 Å².